The summed E-state index contributed by atoms with van der Waals surface area (Å²) in [4.78, 5) is 6.63. The molecule has 0 spiro atoms. The zero-order valence-corrected chi connectivity index (χ0v) is 12.5. The third-order valence-electron chi connectivity index (χ3n) is 3.44. The number of rotatable bonds is 4. The molecular formula is C13H20BrN3O. The number of hydrogen-bond acceptors (Lipinski definition) is 4. The van der Waals surface area contributed by atoms with Crippen LogP contribution in [0.25, 0.3) is 0 Å². The molecule has 0 aromatic carbocycles. The quantitative estimate of drug-likeness (QED) is 0.926. The molecule has 1 saturated heterocycles. The van der Waals surface area contributed by atoms with Gasteiger partial charge in [-0.1, -0.05) is 0 Å². The van der Waals surface area contributed by atoms with Crippen molar-refractivity contribution in [3.8, 4) is 0 Å². The van der Waals surface area contributed by atoms with Gasteiger partial charge in [-0.2, -0.15) is 0 Å². The Hall–Kier alpha value is -0.650. The molecular weight excluding hydrogens is 294 g/mol. The number of hydrogen-bond donors (Lipinski definition) is 1. The molecule has 0 aliphatic carbocycles. The summed E-state index contributed by atoms with van der Waals surface area (Å²) < 4.78 is 6.38. The van der Waals surface area contributed by atoms with Gasteiger partial charge >= 0.3 is 0 Å². The summed E-state index contributed by atoms with van der Waals surface area (Å²) in [5.74, 6) is 0. The van der Waals surface area contributed by atoms with Crippen LogP contribution in [0.15, 0.2) is 22.9 Å². The summed E-state index contributed by atoms with van der Waals surface area (Å²) in [5, 5.41) is 3.50. The van der Waals surface area contributed by atoms with E-state index in [0.29, 0.717) is 12.1 Å². The number of pyridine rings is 1. The second-order valence-corrected chi connectivity index (χ2v) is 5.63. The molecule has 2 atom stereocenters. The van der Waals surface area contributed by atoms with Gasteiger partial charge in [0.1, 0.15) is 0 Å². The number of morpholine rings is 1. The summed E-state index contributed by atoms with van der Waals surface area (Å²) in [6.07, 6.45) is 3.65. The van der Waals surface area contributed by atoms with Gasteiger partial charge in [-0.3, -0.25) is 9.88 Å². The van der Waals surface area contributed by atoms with Crippen LogP contribution in [-0.2, 0) is 4.74 Å². The summed E-state index contributed by atoms with van der Waals surface area (Å²) in [7, 11) is 0. The first-order chi connectivity index (χ1) is 8.66. The van der Waals surface area contributed by atoms with Crippen molar-refractivity contribution >= 4 is 21.6 Å². The van der Waals surface area contributed by atoms with Gasteiger partial charge in [0, 0.05) is 35.8 Å². The van der Waals surface area contributed by atoms with E-state index in [1.807, 2.05) is 6.20 Å². The Morgan fingerprint density at radius 3 is 2.72 bits per heavy atom. The molecule has 1 aromatic heterocycles. The van der Waals surface area contributed by atoms with Gasteiger partial charge in [0.05, 0.1) is 25.1 Å². The monoisotopic (exact) mass is 313 g/mol. The summed E-state index contributed by atoms with van der Waals surface area (Å²) in [6, 6.07) is 2.90. The minimum absolute atomic E-state index is 0.374. The SMILES string of the molecule is C[C@H]([C@@H](C)Nc1cncc(Br)c1)N1CCOCC1. The third-order valence-corrected chi connectivity index (χ3v) is 3.88. The predicted molar refractivity (Wildman–Crippen MR) is 76.9 cm³/mol. The minimum Gasteiger partial charge on any atom is -0.380 e. The van der Waals surface area contributed by atoms with Gasteiger partial charge < -0.3 is 10.1 Å². The van der Waals surface area contributed by atoms with Crippen molar-refractivity contribution in [2.75, 3.05) is 31.6 Å². The highest BCUT2D eigenvalue weighted by Crippen LogP contribution is 2.17. The normalized spacial score (nSPS) is 20.4. The van der Waals surface area contributed by atoms with Crippen LogP contribution in [0, 0.1) is 0 Å². The molecule has 100 valence electrons. The molecule has 2 rings (SSSR count). The van der Waals surface area contributed by atoms with Gasteiger partial charge in [-0.05, 0) is 35.8 Å². The molecule has 1 aromatic rings. The minimum atomic E-state index is 0.374. The van der Waals surface area contributed by atoms with Gasteiger partial charge in [-0.15, -0.1) is 0 Å². The number of aromatic nitrogens is 1. The van der Waals surface area contributed by atoms with E-state index in [4.69, 9.17) is 4.74 Å². The van der Waals surface area contributed by atoms with Crippen LogP contribution in [0.2, 0.25) is 0 Å². The highest BCUT2D eigenvalue weighted by Gasteiger charge is 2.21. The highest BCUT2D eigenvalue weighted by molar-refractivity contribution is 9.10. The smallest absolute Gasteiger partial charge is 0.0594 e. The van der Waals surface area contributed by atoms with Crippen LogP contribution in [-0.4, -0.2) is 48.3 Å². The maximum Gasteiger partial charge on any atom is 0.0594 e. The first-order valence-electron chi connectivity index (χ1n) is 6.35. The molecule has 1 aliphatic rings. The zero-order valence-electron chi connectivity index (χ0n) is 10.9. The molecule has 1 fully saturated rings. The number of nitrogens with zero attached hydrogens (tertiary/aromatic N) is 2. The van der Waals surface area contributed by atoms with Crippen molar-refractivity contribution in [2.45, 2.75) is 25.9 Å². The molecule has 2 heterocycles. The maximum absolute atomic E-state index is 5.39. The van der Waals surface area contributed by atoms with E-state index in [1.165, 1.54) is 0 Å². The Morgan fingerprint density at radius 2 is 2.06 bits per heavy atom. The lowest BCUT2D eigenvalue weighted by Crippen LogP contribution is -2.48. The Labute approximate surface area is 117 Å². The van der Waals surface area contributed by atoms with Crippen LogP contribution >= 0.6 is 15.9 Å². The van der Waals surface area contributed by atoms with Crippen molar-refractivity contribution in [1.29, 1.82) is 0 Å². The molecule has 0 radical (unpaired) electrons. The Kier molecular flexibility index (Phi) is 4.97. The summed E-state index contributed by atoms with van der Waals surface area (Å²) in [6.45, 7) is 8.19. The van der Waals surface area contributed by atoms with Crippen LogP contribution in [0.3, 0.4) is 0 Å². The Bertz CT molecular complexity index is 382. The van der Waals surface area contributed by atoms with Crippen molar-refractivity contribution in [1.82, 2.24) is 9.88 Å². The standard InChI is InChI=1S/C13H20BrN3O/c1-10(11(2)17-3-5-18-6-4-17)16-13-7-12(14)8-15-9-13/h7-11,16H,3-6H2,1-2H3/t10-,11-/m1/s1. The number of halogens is 1. The molecule has 1 aliphatic heterocycles. The predicted octanol–water partition coefficient (Wildman–Crippen LogP) is 2.37. The molecule has 5 heteroatoms. The van der Waals surface area contributed by atoms with E-state index in [9.17, 15) is 0 Å². The first kappa shape index (κ1) is 13.8. The molecule has 18 heavy (non-hydrogen) atoms. The zero-order chi connectivity index (χ0) is 13.0. The highest BCUT2D eigenvalue weighted by atomic mass is 79.9. The lowest BCUT2D eigenvalue weighted by Gasteiger charge is -2.36. The molecule has 1 N–H and O–H groups in total. The van der Waals surface area contributed by atoms with Crippen LogP contribution in [0.1, 0.15) is 13.8 Å². The fourth-order valence-corrected chi connectivity index (χ4v) is 2.54. The van der Waals surface area contributed by atoms with E-state index >= 15 is 0 Å². The van der Waals surface area contributed by atoms with E-state index in [-0.39, 0.29) is 0 Å². The Morgan fingerprint density at radius 1 is 1.33 bits per heavy atom. The number of ether oxygens (including phenoxy) is 1. The van der Waals surface area contributed by atoms with E-state index in [0.717, 1.165) is 36.5 Å². The maximum atomic E-state index is 5.39. The van der Waals surface area contributed by atoms with Crippen LogP contribution in [0.5, 0.6) is 0 Å². The fourth-order valence-electron chi connectivity index (χ4n) is 2.18. The van der Waals surface area contributed by atoms with E-state index in [2.05, 4.69) is 51.0 Å². The number of anilines is 1. The van der Waals surface area contributed by atoms with Gasteiger partial charge in [0.25, 0.3) is 0 Å². The molecule has 0 unspecified atom stereocenters. The van der Waals surface area contributed by atoms with Crippen molar-refractivity contribution in [3.05, 3.63) is 22.9 Å². The van der Waals surface area contributed by atoms with Crippen LogP contribution < -0.4 is 5.32 Å². The largest absolute Gasteiger partial charge is 0.380 e. The average Bonchev–Trinajstić information content (AvgIpc) is 2.39. The molecule has 0 bridgehead atoms. The topological polar surface area (TPSA) is 37.4 Å². The lowest BCUT2D eigenvalue weighted by molar-refractivity contribution is 0.0176. The average molecular weight is 314 g/mol. The number of nitrogens with one attached hydrogen (secondary N) is 1. The molecule has 0 saturated carbocycles. The van der Waals surface area contributed by atoms with E-state index < -0.39 is 0 Å². The van der Waals surface area contributed by atoms with Crippen LogP contribution in [0.4, 0.5) is 5.69 Å². The van der Waals surface area contributed by atoms with Crippen molar-refractivity contribution < 1.29 is 4.74 Å². The van der Waals surface area contributed by atoms with Gasteiger partial charge in [-0.25, -0.2) is 0 Å². The summed E-state index contributed by atoms with van der Waals surface area (Å²) >= 11 is 3.44. The fraction of sp³-hybridized carbons (Fsp3) is 0.615. The van der Waals surface area contributed by atoms with Crippen molar-refractivity contribution in [2.24, 2.45) is 0 Å². The first-order valence-corrected chi connectivity index (χ1v) is 7.15. The van der Waals surface area contributed by atoms with Gasteiger partial charge in [0.15, 0.2) is 0 Å². The lowest BCUT2D eigenvalue weighted by atomic mass is 10.1. The van der Waals surface area contributed by atoms with Crippen molar-refractivity contribution in [3.63, 3.8) is 0 Å². The molecule has 4 nitrogen and oxygen atoms in total. The second kappa shape index (κ2) is 6.50. The molecule has 0 amide bonds. The second-order valence-electron chi connectivity index (χ2n) is 4.71. The van der Waals surface area contributed by atoms with Gasteiger partial charge in [0.2, 0.25) is 0 Å². The third kappa shape index (κ3) is 3.67. The van der Waals surface area contributed by atoms with E-state index in [1.54, 1.807) is 6.20 Å². The summed E-state index contributed by atoms with van der Waals surface area (Å²) in [5.41, 5.74) is 1.05. The Balaban J connectivity index is 1.92.